The molecule has 204 valence electrons. The SMILES string of the molecule is CC(COC(F)(F)F)NC(=O)c1cn(-c2c(F)cc(F)cc2F)c2nc(N3C[C@@H](O)[C@H](O)C3)ccc2c1=O. The van der Waals surface area contributed by atoms with Gasteiger partial charge < -0.3 is 20.4 Å². The van der Waals surface area contributed by atoms with Gasteiger partial charge in [-0.3, -0.25) is 18.9 Å². The number of ether oxygens (including phenoxy) is 1. The van der Waals surface area contributed by atoms with Crippen molar-refractivity contribution in [3.63, 3.8) is 0 Å². The second-order valence-corrected chi connectivity index (χ2v) is 8.67. The van der Waals surface area contributed by atoms with Crippen molar-refractivity contribution in [2.45, 2.75) is 31.5 Å². The largest absolute Gasteiger partial charge is 0.522 e. The molecule has 1 aliphatic heterocycles. The van der Waals surface area contributed by atoms with E-state index in [9.17, 15) is 46.1 Å². The number of carbonyl (C=O) groups is 1. The summed E-state index contributed by atoms with van der Waals surface area (Å²) in [7, 11) is 0. The maximum absolute atomic E-state index is 14.8. The maximum atomic E-state index is 14.8. The fraction of sp³-hybridized carbons (Fsp3) is 0.348. The Bertz CT molecular complexity index is 1410. The maximum Gasteiger partial charge on any atom is 0.522 e. The molecule has 0 aliphatic carbocycles. The summed E-state index contributed by atoms with van der Waals surface area (Å²) in [5, 5.41) is 21.5. The lowest BCUT2D eigenvalue weighted by Gasteiger charge is -2.20. The number of halogens is 6. The first-order chi connectivity index (χ1) is 17.7. The molecule has 15 heteroatoms. The number of nitrogens with zero attached hydrogens (tertiary/aromatic N) is 3. The van der Waals surface area contributed by atoms with E-state index in [0.717, 1.165) is 6.20 Å². The number of rotatable bonds is 6. The normalized spacial score (nSPS) is 18.7. The molecule has 0 bridgehead atoms. The zero-order valence-electron chi connectivity index (χ0n) is 19.5. The van der Waals surface area contributed by atoms with Gasteiger partial charge in [-0.25, -0.2) is 18.2 Å². The van der Waals surface area contributed by atoms with Crippen molar-refractivity contribution >= 4 is 22.8 Å². The van der Waals surface area contributed by atoms with E-state index >= 15 is 0 Å². The lowest BCUT2D eigenvalue weighted by atomic mass is 10.1. The van der Waals surface area contributed by atoms with Crippen LogP contribution in [0.1, 0.15) is 17.3 Å². The van der Waals surface area contributed by atoms with Crippen LogP contribution in [-0.4, -0.2) is 70.0 Å². The zero-order chi connectivity index (χ0) is 27.9. The number of alkyl halides is 3. The Labute approximate surface area is 209 Å². The van der Waals surface area contributed by atoms with Gasteiger partial charge in [0.15, 0.2) is 17.3 Å². The Hall–Kier alpha value is -3.69. The van der Waals surface area contributed by atoms with Crippen LogP contribution >= 0.6 is 0 Å². The topological polar surface area (TPSA) is 117 Å². The molecule has 1 unspecified atom stereocenters. The second kappa shape index (κ2) is 10.2. The minimum Gasteiger partial charge on any atom is -0.389 e. The molecular formula is C23H20F6N4O5. The van der Waals surface area contributed by atoms with E-state index in [-0.39, 0.29) is 29.9 Å². The molecule has 1 saturated heterocycles. The lowest BCUT2D eigenvalue weighted by Crippen LogP contribution is -2.39. The molecule has 0 spiro atoms. The van der Waals surface area contributed by atoms with E-state index in [1.165, 1.54) is 24.0 Å². The fourth-order valence-corrected chi connectivity index (χ4v) is 3.99. The van der Waals surface area contributed by atoms with Crippen LogP contribution in [0.25, 0.3) is 16.7 Å². The second-order valence-electron chi connectivity index (χ2n) is 8.67. The van der Waals surface area contributed by atoms with Crippen LogP contribution in [0.15, 0.2) is 35.3 Å². The first-order valence-corrected chi connectivity index (χ1v) is 11.1. The van der Waals surface area contributed by atoms with Gasteiger partial charge in [-0.1, -0.05) is 0 Å². The average molecular weight is 546 g/mol. The van der Waals surface area contributed by atoms with Gasteiger partial charge in [-0.15, -0.1) is 13.2 Å². The molecule has 3 N–H and O–H groups in total. The quantitative estimate of drug-likeness (QED) is 0.405. The molecule has 1 aliphatic rings. The van der Waals surface area contributed by atoms with Gasteiger partial charge in [0.2, 0.25) is 5.43 Å². The van der Waals surface area contributed by atoms with E-state index < -0.39 is 71.3 Å². The summed E-state index contributed by atoms with van der Waals surface area (Å²) in [5.74, 6) is -5.09. The Balaban J connectivity index is 1.84. The van der Waals surface area contributed by atoms with Crippen LogP contribution in [0.2, 0.25) is 0 Å². The van der Waals surface area contributed by atoms with Crippen LogP contribution in [0, 0.1) is 17.5 Å². The van der Waals surface area contributed by atoms with Crippen molar-refractivity contribution < 1.29 is 46.1 Å². The summed E-state index contributed by atoms with van der Waals surface area (Å²) in [4.78, 5) is 31.7. The highest BCUT2D eigenvalue weighted by molar-refractivity contribution is 5.97. The monoisotopic (exact) mass is 546 g/mol. The summed E-state index contributed by atoms with van der Waals surface area (Å²) in [6.07, 6.45) is -6.43. The minimum absolute atomic E-state index is 0.0401. The van der Waals surface area contributed by atoms with E-state index in [2.05, 4.69) is 15.0 Å². The highest BCUT2D eigenvalue weighted by Crippen LogP contribution is 2.26. The van der Waals surface area contributed by atoms with Crippen LogP contribution in [0.3, 0.4) is 0 Å². The van der Waals surface area contributed by atoms with Crippen molar-refractivity contribution in [1.82, 2.24) is 14.9 Å². The Morgan fingerprint density at radius 2 is 1.76 bits per heavy atom. The third-order valence-electron chi connectivity index (χ3n) is 5.76. The number of hydrogen-bond donors (Lipinski definition) is 3. The van der Waals surface area contributed by atoms with Crippen LogP contribution in [-0.2, 0) is 4.74 Å². The molecular weight excluding hydrogens is 526 g/mol. The van der Waals surface area contributed by atoms with E-state index in [1.807, 2.05) is 0 Å². The van der Waals surface area contributed by atoms with Gasteiger partial charge in [0.1, 0.15) is 22.9 Å². The molecule has 1 amide bonds. The highest BCUT2D eigenvalue weighted by atomic mass is 19.4. The molecule has 2 aromatic heterocycles. The van der Waals surface area contributed by atoms with Crippen molar-refractivity contribution in [3.05, 3.63) is 63.7 Å². The van der Waals surface area contributed by atoms with Gasteiger partial charge in [-0.2, -0.15) is 0 Å². The number of aliphatic hydroxyl groups is 2. The molecule has 3 atom stereocenters. The highest BCUT2D eigenvalue weighted by Gasteiger charge is 2.32. The number of nitrogens with one attached hydrogen (secondary N) is 1. The van der Waals surface area contributed by atoms with Crippen molar-refractivity contribution in [3.8, 4) is 5.69 Å². The number of benzene rings is 1. The summed E-state index contributed by atoms with van der Waals surface area (Å²) in [6, 6.07) is 2.03. The minimum atomic E-state index is -4.96. The summed E-state index contributed by atoms with van der Waals surface area (Å²) < 4.78 is 84.5. The number of hydrogen-bond acceptors (Lipinski definition) is 7. The molecule has 3 heterocycles. The first-order valence-electron chi connectivity index (χ1n) is 11.1. The van der Waals surface area contributed by atoms with Gasteiger partial charge in [0.05, 0.1) is 30.2 Å². The lowest BCUT2D eigenvalue weighted by molar-refractivity contribution is -0.325. The van der Waals surface area contributed by atoms with Crippen LogP contribution in [0.5, 0.6) is 0 Å². The first kappa shape index (κ1) is 27.3. The fourth-order valence-electron chi connectivity index (χ4n) is 3.99. The van der Waals surface area contributed by atoms with E-state index in [0.29, 0.717) is 16.7 Å². The van der Waals surface area contributed by atoms with Crippen LogP contribution < -0.4 is 15.6 Å². The third-order valence-corrected chi connectivity index (χ3v) is 5.76. The van der Waals surface area contributed by atoms with Gasteiger partial charge in [-0.05, 0) is 19.1 Å². The van der Waals surface area contributed by atoms with Crippen molar-refractivity contribution in [2.75, 3.05) is 24.6 Å². The Morgan fingerprint density at radius 1 is 1.16 bits per heavy atom. The molecule has 0 saturated carbocycles. The average Bonchev–Trinajstić information content (AvgIpc) is 3.16. The number of amides is 1. The zero-order valence-corrected chi connectivity index (χ0v) is 19.5. The van der Waals surface area contributed by atoms with Crippen molar-refractivity contribution in [2.24, 2.45) is 0 Å². The molecule has 1 fully saturated rings. The number of β-amino-alcohol motifs (C(OH)–C–C–N with tert-alkyl or cyclic N) is 2. The standard InChI is InChI=1S/C23H20F6N4O5/c1-10(9-38-23(27,28)29)30-22(37)13-6-33(19-14(25)4-11(24)5-15(19)26)21-12(20(13)36)2-3-18(31-21)32-7-16(34)17(35)8-32/h2-6,10,16-17,34-35H,7-9H2,1H3,(H,30,37)/t10?,16-,17-/m1/s1. The Kier molecular flexibility index (Phi) is 7.36. The molecule has 3 aromatic rings. The number of fused-ring (bicyclic) bond motifs is 1. The molecule has 1 aromatic carbocycles. The van der Waals surface area contributed by atoms with Crippen molar-refractivity contribution in [1.29, 1.82) is 0 Å². The summed E-state index contributed by atoms with van der Waals surface area (Å²) in [5.41, 5.74) is -2.88. The van der Waals surface area contributed by atoms with Gasteiger partial charge in [0, 0.05) is 31.4 Å². The van der Waals surface area contributed by atoms with E-state index in [4.69, 9.17) is 0 Å². The number of aromatic nitrogens is 2. The van der Waals surface area contributed by atoms with Gasteiger partial charge in [0.25, 0.3) is 5.91 Å². The Morgan fingerprint density at radius 3 is 2.34 bits per heavy atom. The summed E-state index contributed by atoms with van der Waals surface area (Å²) >= 11 is 0. The predicted octanol–water partition coefficient (Wildman–Crippen LogP) is 2.00. The predicted molar refractivity (Wildman–Crippen MR) is 120 cm³/mol. The number of anilines is 1. The molecule has 0 radical (unpaired) electrons. The smallest absolute Gasteiger partial charge is 0.389 e. The molecule has 9 nitrogen and oxygen atoms in total. The van der Waals surface area contributed by atoms with E-state index in [1.54, 1.807) is 0 Å². The number of aliphatic hydroxyl groups excluding tert-OH is 2. The summed E-state index contributed by atoms with van der Waals surface area (Å²) in [6.45, 7) is 0.120. The number of carbonyl (C=O) groups excluding carboxylic acids is 1. The molecule has 38 heavy (non-hydrogen) atoms. The number of pyridine rings is 2. The molecule has 4 rings (SSSR count). The van der Waals surface area contributed by atoms with Crippen LogP contribution in [0.4, 0.5) is 32.2 Å². The third kappa shape index (κ3) is 5.58. The van der Waals surface area contributed by atoms with Gasteiger partial charge >= 0.3 is 6.36 Å².